The highest BCUT2D eigenvalue weighted by atomic mass is 127. The van der Waals surface area contributed by atoms with Crippen LogP contribution in [0.4, 0.5) is 16.3 Å². The van der Waals surface area contributed by atoms with Crippen LogP contribution in [0.5, 0.6) is 11.5 Å². The van der Waals surface area contributed by atoms with Gasteiger partial charge in [0.1, 0.15) is 17.1 Å². The Kier molecular flexibility index (Phi) is 8.73. The van der Waals surface area contributed by atoms with Crippen LogP contribution in [0, 0.1) is 0 Å². The third-order valence-corrected chi connectivity index (χ3v) is 9.52. The van der Waals surface area contributed by atoms with Gasteiger partial charge >= 0.3 is 6.03 Å². The molecule has 1 atom stereocenters. The number of sulfone groups is 1. The molecule has 0 aliphatic carbocycles. The molecular formula is C32H28IN7O5S. The number of anilines is 2. The van der Waals surface area contributed by atoms with Gasteiger partial charge in [-0.1, -0.05) is 60.2 Å². The highest BCUT2D eigenvalue weighted by Gasteiger charge is 2.19. The van der Waals surface area contributed by atoms with Crippen LogP contribution in [0.15, 0.2) is 94.9 Å². The average molecular weight is 750 g/mol. The van der Waals surface area contributed by atoms with E-state index in [1.54, 1.807) is 35.0 Å². The van der Waals surface area contributed by atoms with Crippen molar-refractivity contribution in [2.75, 3.05) is 16.9 Å². The first kappa shape index (κ1) is 31.2. The lowest BCUT2D eigenvalue weighted by Gasteiger charge is -2.15. The zero-order valence-electron chi connectivity index (χ0n) is 24.7. The van der Waals surface area contributed by atoms with E-state index in [0.717, 1.165) is 35.6 Å². The Labute approximate surface area is 277 Å². The normalized spacial score (nSPS) is 12.2. The maximum atomic E-state index is 13.4. The number of aromatic amines is 1. The minimum atomic E-state index is -3.37. The van der Waals surface area contributed by atoms with E-state index in [2.05, 4.69) is 55.1 Å². The molecular weight excluding hydrogens is 721 g/mol. The van der Waals surface area contributed by atoms with Crippen LogP contribution < -0.4 is 20.9 Å². The van der Waals surface area contributed by atoms with Crippen LogP contribution in [-0.2, 0) is 9.84 Å². The second kappa shape index (κ2) is 12.9. The number of benzene rings is 3. The lowest BCUT2D eigenvalue weighted by Crippen LogP contribution is -2.21. The van der Waals surface area contributed by atoms with E-state index in [1.165, 1.54) is 24.5 Å². The highest BCUT2D eigenvalue weighted by molar-refractivity contribution is 14.1. The summed E-state index contributed by atoms with van der Waals surface area (Å²) in [6.45, 7) is 2.10. The minimum Gasteiger partial charge on any atom is -0.454 e. The van der Waals surface area contributed by atoms with Gasteiger partial charge in [0.2, 0.25) is 0 Å². The van der Waals surface area contributed by atoms with E-state index < -0.39 is 15.9 Å². The lowest BCUT2D eigenvalue weighted by atomic mass is 10.1. The number of hydrogen-bond donors (Lipinski definition) is 3. The number of fused-ring (bicyclic) bond motifs is 2. The van der Waals surface area contributed by atoms with Crippen LogP contribution in [0.25, 0.3) is 27.6 Å². The van der Waals surface area contributed by atoms with Crippen LogP contribution in [0.2, 0.25) is 0 Å². The first-order valence-corrected chi connectivity index (χ1v) is 17.4. The summed E-state index contributed by atoms with van der Waals surface area (Å²) in [6.07, 6.45) is 5.72. The molecule has 14 heteroatoms. The number of hydrogen-bond acceptors (Lipinski definition) is 8. The van der Waals surface area contributed by atoms with Gasteiger partial charge in [0.15, 0.2) is 21.2 Å². The standard InChI is InChI=1S/C32H28IN7O5S/c1-3-6-23(33)25-17-28(40(39-25)19-9-11-20(12-10-19)46(2,43)44)37-32(42)36-24-13-14-26(22-8-5-4-7-21(22)24)45-27-15-16-34-31-30(27)35-18-29(41)38-31/h4-5,7-18,23H,3,6H2,1-2H3,(H,34,38,41)(H2,36,37,42). The number of H-pyrrole nitrogens is 1. The summed E-state index contributed by atoms with van der Waals surface area (Å²) in [5.74, 6) is 1.36. The number of rotatable bonds is 9. The lowest BCUT2D eigenvalue weighted by molar-refractivity contribution is 0.262. The van der Waals surface area contributed by atoms with Crippen LogP contribution >= 0.6 is 22.6 Å². The summed E-state index contributed by atoms with van der Waals surface area (Å²) in [5.41, 5.74) is 2.28. The summed E-state index contributed by atoms with van der Waals surface area (Å²) in [4.78, 5) is 36.3. The summed E-state index contributed by atoms with van der Waals surface area (Å²) < 4.78 is 31.9. The molecule has 0 aliphatic heterocycles. The Balaban J connectivity index is 1.29. The molecule has 12 nitrogen and oxygen atoms in total. The number of urea groups is 1. The second-order valence-electron chi connectivity index (χ2n) is 10.5. The average Bonchev–Trinajstić information content (AvgIpc) is 3.45. The molecule has 3 heterocycles. The quantitative estimate of drug-likeness (QED) is 0.108. The fourth-order valence-electron chi connectivity index (χ4n) is 4.94. The van der Waals surface area contributed by atoms with Crippen molar-refractivity contribution >= 4 is 71.9 Å². The number of carbonyl (C=O) groups is 1. The molecule has 3 aromatic carbocycles. The fourth-order valence-corrected chi connectivity index (χ4v) is 6.50. The maximum Gasteiger partial charge on any atom is 0.324 e. The van der Waals surface area contributed by atoms with Crippen LogP contribution in [0.1, 0.15) is 29.4 Å². The van der Waals surface area contributed by atoms with Crippen molar-refractivity contribution in [2.45, 2.75) is 28.6 Å². The Morgan fingerprint density at radius 3 is 2.50 bits per heavy atom. The maximum absolute atomic E-state index is 13.4. The number of carbonyl (C=O) groups excluding carboxylic acids is 1. The predicted molar refractivity (Wildman–Crippen MR) is 185 cm³/mol. The van der Waals surface area contributed by atoms with Crippen LogP contribution in [-0.4, -0.2) is 45.4 Å². The molecule has 46 heavy (non-hydrogen) atoms. The molecule has 0 radical (unpaired) electrons. The Hall–Kier alpha value is -4.83. The minimum absolute atomic E-state index is 0.118. The number of ether oxygens (including phenoxy) is 1. The summed E-state index contributed by atoms with van der Waals surface area (Å²) in [7, 11) is -3.37. The van der Waals surface area contributed by atoms with Gasteiger partial charge in [0.25, 0.3) is 5.56 Å². The molecule has 0 aliphatic rings. The van der Waals surface area contributed by atoms with Crippen molar-refractivity contribution < 1.29 is 17.9 Å². The van der Waals surface area contributed by atoms with E-state index in [9.17, 15) is 18.0 Å². The smallest absolute Gasteiger partial charge is 0.324 e. The molecule has 3 N–H and O–H groups in total. The number of halogens is 1. The SMILES string of the molecule is CCCC(I)c1cc(NC(=O)Nc2ccc(Oc3ccnc4[nH]c(=O)cnc34)c3ccccc23)n(-c2ccc(S(C)(=O)=O)cc2)n1. The first-order chi connectivity index (χ1) is 22.1. The number of nitrogens with one attached hydrogen (secondary N) is 3. The summed E-state index contributed by atoms with van der Waals surface area (Å²) >= 11 is 2.33. The van der Waals surface area contributed by atoms with Gasteiger partial charge in [-0.2, -0.15) is 5.10 Å². The molecule has 0 saturated carbocycles. The zero-order chi connectivity index (χ0) is 32.4. The predicted octanol–water partition coefficient (Wildman–Crippen LogP) is 6.77. The van der Waals surface area contributed by atoms with Crippen molar-refractivity contribution in [1.29, 1.82) is 0 Å². The van der Waals surface area contributed by atoms with E-state index in [0.29, 0.717) is 39.9 Å². The van der Waals surface area contributed by atoms with Crippen molar-refractivity contribution in [3.05, 3.63) is 101 Å². The molecule has 2 amide bonds. The third kappa shape index (κ3) is 6.57. The van der Waals surface area contributed by atoms with Gasteiger partial charge in [0.05, 0.1) is 32.1 Å². The van der Waals surface area contributed by atoms with Gasteiger partial charge in [-0.05, 0) is 42.8 Å². The molecule has 3 aromatic heterocycles. The second-order valence-corrected chi connectivity index (χ2v) is 14.0. The van der Waals surface area contributed by atoms with E-state index in [4.69, 9.17) is 9.84 Å². The fraction of sp³-hybridized carbons (Fsp3) is 0.156. The number of amides is 2. The van der Waals surface area contributed by atoms with E-state index >= 15 is 0 Å². The largest absolute Gasteiger partial charge is 0.454 e. The molecule has 234 valence electrons. The van der Waals surface area contributed by atoms with Crippen molar-refractivity contribution in [2.24, 2.45) is 0 Å². The highest BCUT2D eigenvalue weighted by Crippen LogP contribution is 2.36. The summed E-state index contributed by atoms with van der Waals surface area (Å²) in [6, 6.07) is 20.3. The van der Waals surface area contributed by atoms with Crippen LogP contribution in [0.3, 0.4) is 0 Å². The van der Waals surface area contributed by atoms with Crippen molar-refractivity contribution in [3.63, 3.8) is 0 Å². The van der Waals surface area contributed by atoms with Gasteiger partial charge < -0.3 is 15.0 Å². The zero-order valence-corrected chi connectivity index (χ0v) is 27.7. The Morgan fingerprint density at radius 1 is 1.00 bits per heavy atom. The topological polar surface area (TPSA) is 161 Å². The third-order valence-electron chi connectivity index (χ3n) is 7.13. The molecule has 1 unspecified atom stereocenters. The summed E-state index contributed by atoms with van der Waals surface area (Å²) in [5, 5.41) is 12.1. The van der Waals surface area contributed by atoms with Gasteiger partial charge in [-0.15, -0.1) is 0 Å². The molecule has 0 saturated heterocycles. The number of pyridine rings is 1. The van der Waals surface area contributed by atoms with E-state index in [1.807, 2.05) is 30.3 Å². The van der Waals surface area contributed by atoms with Gasteiger partial charge in [0, 0.05) is 35.4 Å². The van der Waals surface area contributed by atoms with Crippen molar-refractivity contribution in [1.82, 2.24) is 24.7 Å². The number of alkyl halides is 1. The molecule has 6 aromatic rings. The molecule has 0 bridgehead atoms. The van der Waals surface area contributed by atoms with Gasteiger partial charge in [-0.25, -0.2) is 27.9 Å². The number of nitrogens with zero attached hydrogens (tertiary/aromatic N) is 4. The molecule has 0 fully saturated rings. The van der Waals surface area contributed by atoms with Gasteiger partial charge in [-0.3, -0.25) is 10.1 Å². The monoisotopic (exact) mass is 749 g/mol. The molecule has 6 rings (SSSR count). The van der Waals surface area contributed by atoms with E-state index in [-0.39, 0.29) is 14.4 Å². The first-order valence-electron chi connectivity index (χ1n) is 14.3. The Morgan fingerprint density at radius 2 is 1.76 bits per heavy atom. The number of aromatic nitrogens is 5. The molecule has 0 spiro atoms. The Bertz CT molecular complexity index is 2250. The van der Waals surface area contributed by atoms with Crippen molar-refractivity contribution in [3.8, 4) is 17.2 Å².